The number of pyridine rings is 1. The quantitative estimate of drug-likeness (QED) is 0.589. The lowest BCUT2D eigenvalue weighted by atomic mass is 10.2. The van der Waals surface area contributed by atoms with Crippen molar-refractivity contribution in [2.45, 2.75) is 32.8 Å². The van der Waals surface area contributed by atoms with E-state index in [0.29, 0.717) is 16.8 Å². The van der Waals surface area contributed by atoms with Gasteiger partial charge in [-0.25, -0.2) is 4.98 Å². The summed E-state index contributed by atoms with van der Waals surface area (Å²) in [7, 11) is 0. The molecule has 14 heavy (non-hydrogen) atoms. The number of ether oxygens (including phenoxy) is 1. The summed E-state index contributed by atoms with van der Waals surface area (Å²) in [5.74, 6) is 1.02. The molecule has 1 rings (SSSR count). The molecule has 0 aliphatic heterocycles. The summed E-state index contributed by atoms with van der Waals surface area (Å²) < 4.78 is 5.49. The van der Waals surface area contributed by atoms with Gasteiger partial charge in [0, 0.05) is 11.6 Å². The van der Waals surface area contributed by atoms with Crippen LogP contribution in [0.4, 0.5) is 0 Å². The zero-order valence-electron chi connectivity index (χ0n) is 8.47. The van der Waals surface area contributed by atoms with Gasteiger partial charge in [0.25, 0.3) is 0 Å². The molecule has 0 aliphatic rings. The lowest BCUT2D eigenvalue weighted by Gasteiger charge is -2.12. The van der Waals surface area contributed by atoms with Gasteiger partial charge in [-0.15, -0.1) is 11.6 Å². The minimum atomic E-state index is 0.0835. The summed E-state index contributed by atoms with van der Waals surface area (Å²) in [5, 5.41) is 0.394. The maximum Gasteiger partial charge on any atom is 0.171 e. The number of rotatable bonds is 3. The second-order valence-corrected chi connectivity index (χ2v) is 3.95. The number of aryl methyl sites for hydroxylation is 1. The summed E-state index contributed by atoms with van der Waals surface area (Å²) in [6, 6.07) is 1.84. The molecule has 0 atom stereocenters. The van der Waals surface area contributed by atoms with Gasteiger partial charge in [0.05, 0.1) is 6.10 Å². The lowest BCUT2D eigenvalue weighted by Crippen LogP contribution is -2.07. The highest BCUT2D eigenvalue weighted by molar-refractivity contribution is 6.30. The van der Waals surface area contributed by atoms with Gasteiger partial charge in [-0.05, 0) is 32.4 Å². The fourth-order valence-corrected chi connectivity index (χ4v) is 1.56. The Kier molecular flexibility index (Phi) is 4.02. The van der Waals surface area contributed by atoms with E-state index in [-0.39, 0.29) is 6.10 Å². The highest BCUT2D eigenvalue weighted by Crippen LogP contribution is 2.26. The zero-order valence-corrected chi connectivity index (χ0v) is 9.99. The van der Waals surface area contributed by atoms with E-state index < -0.39 is 0 Å². The molecule has 4 heteroatoms. The van der Waals surface area contributed by atoms with E-state index in [1.165, 1.54) is 0 Å². The van der Waals surface area contributed by atoms with Crippen molar-refractivity contribution < 1.29 is 4.74 Å². The Morgan fingerprint density at radius 1 is 1.50 bits per heavy atom. The fraction of sp³-hybridized carbons (Fsp3) is 0.500. The molecule has 1 aromatic heterocycles. The van der Waals surface area contributed by atoms with Crippen LogP contribution in [0.1, 0.15) is 25.1 Å². The molecule has 0 aliphatic carbocycles. The van der Waals surface area contributed by atoms with Crippen molar-refractivity contribution in [1.29, 1.82) is 0 Å². The third-order valence-corrected chi connectivity index (χ3v) is 2.30. The third-order valence-electron chi connectivity index (χ3n) is 1.75. The first kappa shape index (κ1) is 11.6. The average Bonchev–Trinajstić information content (AvgIpc) is 2.09. The largest absolute Gasteiger partial charge is 0.488 e. The van der Waals surface area contributed by atoms with Crippen LogP contribution >= 0.6 is 23.2 Å². The molecule has 0 radical (unpaired) electrons. The monoisotopic (exact) mass is 233 g/mol. The first-order chi connectivity index (χ1) is 6.54. The van der Waals surface area contributed by atoms with Gasteiger partial charge in [0.1, 0.15) is 0 Å². The molecule has 0 saturated carbocycles. The van der Waals surface area contributed by atoms with Gasteiger partial charge < -0.3 is 4.74 Å². The topological polar surface area (TPSA) is 22.1 Å². The summed E-state index contributed by atoms with van der Waals surface area (Å²) in [6.45, 7) is 5.76. The van der Waals surface area contributed by atoms with E-state index in [1.807, 2.05) is 26.8 Å². The molecular weight excluding hydrogens is 221 g/mol. The number of hydrogen-bond donors (Lipinski definition) is 0. The lowest BCUT2D eigenvalue weighted by molar-refractivity contribution is 0.241. The van der Waals surface area contributed by atoms with Crippen LogP contribution in [0.15, 0.2) is 6.07 Å². The second kappa shape index (κ2) is 4.85. The van der Waals surface area contributed by atoms with Gasteiger partial charge in [0.2, 0.25) is 0 Å². The number of nitrogens with zero attached hydrogens (tertiary/aromatic N) is 1. The van der Waals surface area contributed by atoms with E-state index in [1.54, 1.807) is 0 Å². The molecule has 0 bridgehead atoms. The molecule has 0 amide bonds. The smallest absolute Gasteiger partial charge is 0.171 e. The Bertz CT molecular complexity index is 326. The van der Waals surface area contributed by atoms with Gasteiger partial charge in [-0.3, -0.25) is 0 Å². The number of hydrogen-bond acceptors (Lipinski definition) is 2. The molecule has 1 aromatic rings. The molecule has 78 valence electrons. The summed E-state index contributed by atoms with van der Waals surface area (Å²) >= 11 is 11.7. The first-order valence-corrected chi connectivity index (χ1v) is 5.34. The van der Waals surface area contributed by atoms with Crippen molar-refractivity contribution in [2.24, 2.45) is 0 Å². The van der Waals surface area contributed by atoms with Crippen LogP contribution in [0.5, 0.6) is 5.75 Å². The Labute approximate surface area is 94.2 Å². The molecule has 0 fully saturated rings. The minimum Gasteiger partial charge on any atom is -0.488 e. The predicted octanol–water partition coefficient (Wildman–Crippen LogP) is 3.57. The summed E-state index contributed by atoms with van der Waals surface area (Å²) in [6.07, 6.45) is 0.0835. The number of alkyl halides is 1. The molecule has 0 N–H and O–H groups in total. The van der Waals surface area contributed by atoms with Gasteiger partial charge >= 0.3 is 0 Å². The van der Waals surface area contributed by atoms with E-state index in [2.05, 4.69) is 4.98 Å². The van der Waals surface area contributed by atoms with Crippen LogP contribution < -0.4 is 4.74 Å². The number of halogens is 2. The molecule has 0 saturated heterocycles. The summed E-state index contributed by atoms with van der Waals surface area (Å²) in [4.78, 5) is 4.15. The highest BCUT2D eigenvalue weighted by atomic mass is 35.5. The fourth-order valence-electron chi connectivity index (χ4n) is 1.07. The van der Waals surface area contributed by atoms with Crippen LogP contribution in [0.2, 0.25) is 5.15 Å². The van der Waals surface area contributed by atoms with E-state index >= 15 is 0 Å². The SMILES string of the molecule is Cc1nc(Cl)c(OC(C)C)cc1CCl. The Balaban J connectivity index is 3.04. The standard InChI is InChI=1S/C10H13Cl2NO/c1-6(2)14-9-4-8(5-11)7(3)13-10(9)12/h4,6H,5H2,1-3H3. The van der Waals surface area contributed by atoms with E-state index in [9.17, 15) is 0 Å². The Morgan fingerprint density at radius 3 is 2.64 bits per heavy atom. The van der Waals surface area contributed by atoms with Crippen molar-refractivity contribution in [3.8, 4) is 5.75 Å². The first-order valence-electron chi connectivity index (χ1n) is 4.43. The van der Waals surface area contributed by atoms with Crippen molar-refractivity contribution in [2.75, 3.05) is 0 Å². The minimum absolute atomic E-state index is 0.0835. The maximum absolute atomic E-state index is 5.92. The van der Waals surface area contributed by atoms with Crippen LogP contribution in [0, 0.1) is 6.92 Å². The number of aromatic nitrogens is 1. The van der Waals surface area contributed by atoms with Crippen molar-refractivity contribution in [3.05, 3.63) is 22.5 Å². The molecular formula is C10H13Cl2NO. The molecule has 0 spiro atoms. The van der Waals surface area contributed by atoms with Crippen LogP contribution in [0.3, 0.4) is 0 Å². The molecule has 0 aromatic carbocycles. The van der Waals surface area contributed by atoms with Gasteiger partial charge in [-0.2, -0.15) is 0 Å². The predicted molar refractivity (Wildman–Crippen MR) is 59.3 cm³/mol. The van der Waals surface area contributed by atoms with Gasteiger partial charge in [0.15, 0.2) is 10.9 Å². The van der Waals surface area contributed by atoms with E-state index in [4.69, 9.17) is 27.9 Å². The van der Waals surface area contributed by atoms with E-state index in [0.717, 1.165) is 11.3 Å². The third kappa shape index (κ3) is 2.76. The normalized spacial score (nSPS) is 10.7. The molecule has 2 nitrogen and oxygen atoms in total. The maximum atomic E-state index is 5.92. The van der Waals surface area contributed by atoms with Crippen LogP contribution in [-0.4, -0.2) is 11.1 Å². The summed E-state index contributed by atoms with van der Waals surface area (Å²) in [5.41, 5.74) is 1.80. The van der Waals surface area contributed by atoms with Crippen molar-refractivity contribution in [3.63, 3.8) is 0 Å². The molecule has 1 heterocycles. The Morgan fingerprint density at radius 2 is 2.14 bits per heavy atom. The van der Waals surface area contributed by atoms with Crippen molar-refractivity contribution in [1.82, 2.24) is 4.98 Å². The van der Waals surface area contributed by atoms with Crippen LogP contribution in [0.25, 0.3) is 0 Å². The van der Waals surface area contributed by atoms with Gasteiger partial charge in [-0.1, -0.05) is 11.6 Å². The average molecular weight is 234 g/mol. The zero-order chi connectivity index (χ0) is 10.7. The Hall–Kier alpha value is -0.470. The molecule has 0 unspecified atom stereocenters. The second-order valence-electron chi connectivity index (χ2n) is 3.32. The van der Waals surface area contributed by atoms with Crippen molar-refractivity contribution >= 4 is 23.2 Å². The van der Waals surface area contributed by atoms with Crippen LogP contribution in [-0.2, 0) is 5.88 Å². The highest BCUT2D eigenvalue weighted by Gasteiger charge is 2.09.